The molecule has 2 aliphatic rings. The number of ether oxygens (including phenoxy) is 1. The molecular weight excluding hydrogens is 368 g/mol. The number of carbonyl (C=O) groups is 2. The second-order valence-electron chi connectivity index (χ2n) is 6.30. The first-order chi connectivity index (χ1) is 12.6. The lowest BCUT2D eigenvalue weighted by Gasteiger charge is -2.27. The van der Waals surface area contributed by atoms with Gasteiger partial charge in [0.1, 0.15) is 10.1 Å². The Labute approximate surface area is 163 Å². The highest BCUT2D eigenvalue weighted by Gasteiger charge is 2.32. The van der Waals surface area contributed by atoms with Gasteiger partial charge in [0, 0.05) is 26.1 Å². The van der Waals surface area contributed by atoms with Gasteiger partial charge in [-0.25, -0.2) is 0 Å². The van der Waals surface area contributed by atoms with Crippen molar-refractivity contribution in [2.45, 2.75) is 25.7 Å². The fourth-order valence-electron chi connectivity index (χ4n) is 3.05. The zero-order chi connectivity index (χ0) is 18.5. The predicted molar refractivity (Wildman–Crippen MR) is 108 cm³/mol. The zero-order valence-electron chi connectivity index (χ0n) is 14.8. The van der Waals surface area contributed by atoms with Gasteiger partial charge in [0.15, 0.2) is 0 Å². The summed E-state index contributed by atoms with van der Waals surface area (Å²) < 4.78 is 5.66. The fraction of sp³-hybridized carbons (Fsp3) is 0.421. The van der Waals surface area contributed by atoms with Crippen LogP contribution in [-0.2, 0) is 9.59 Å². The van der Waals surface area contributed by atoms with E-state index in [2.05, 4.69) is 0 Å². The number of thioether (sulfide) groups is 1. The van der Waals surface area contributed by atoms with E-state index in [4.69, 9.17) is 17.0 Å². The summed E-state index contributed by atoms with van der Waals surface area (Å²) in [6.45, 7) is 2.00. The normalized spacial score (nSPS) is 19.3. The highest BCUT2D eigenvalue weighted by atomic mass is 32.2. The van der Waals surface area contributed by atoms with Crippen LogP contribution in [0.2, 0.25) is 0 Å². The lowest BCUT2D eigenvalue weighted by molar-refractivity contribution is -0.132. The van der Waals surface area contributed by atoms with Crippen LogP contribution in [0.15, 0.2) is 29.2 Å². The molecular formula is C19H22N2O3S2. The monoisotopic (exact) mass is 390 g/mol. The Hall–Kier alpha value is -1.86. The number of piperidine rings is 1. The number of amides is 2. The Balaban J connectivity index is 1.60. The van der Waals surface area contributed by atoms with Gasteiger partial charge in [-0.15, -0.1) is 0 Å². The van der Waals surface area contributed by atoms with Crippen LogP contribution in [-0.4, -0.2) is 52.7 Å². The molecule has 0 saturated carbocycles. The Morgan fingerprint density at radius 1 is 1.23 bits per heavy atom. The molecule has 1 aromatic rings. The molecule has 0 unspecified atom stereocenters. The molecule has 0 radical (unpaired) electrons. The SMILES string of the molecule is COc1ccc(C=C2SC(=S)N(CCC(=O)N3CCCCC3)C2=O)cc1. The molecule has 7 heteroatoms. The van der Waals surface area contributed by atoms with Crippen molar-refractivity contribution in [1.82, 2.24) is 9.80 Å². The summed E-state index contributed by atoms with van der Waals surface area (Å²) in [5, 5.41) is 0. The molecule has 5 nitrogen and oxygen atoms in total. The van der Waals surface area contributed by atoms with E-state index in [9.17, 15) is 9.59 Å². The molecule has 3 rings (SSSR count). The first kappa shape index (κ1) is 18.9. The zero-order valence-corrected chi connectivity index (χ0v) is 16.4. The van der Waals surface area contributed by atoms with Crippen molar-refractivity contribution in [3.8, 4) is 5.75 Å². The van der Waals surface area contributed by atoms with E-state index in [0.29, 0.717) is 22.2 Å². The van der Waals surface area contributed by atoms with Gasteiger partial charge in [0.05, 0.1) is 12.0 Å². The molecule has 138 valence electrons. The van der Waals surface area contributed by atoms with E-state index < -0.39 is 0 Å². The van der Waals surface area contributed by atoms with Gasteiger partial charge < -0.3 is 9.64 Å². The van der Waals surface area contributed by atoms with Crippen molar-refractivity contribution in [3.63, 3.8) is 0 Å². The minimum atomic E-state index is -0.123. The number of likely N-dealkylation sites (tertiary alicyclic amines) is 1. The second kappa shape index (κ2) is 8.68. The van der Waals surface area contributed by atoms with E-state index in [1.54, 1.807) is 7.11 Å². The van der Waals surface area contributed by atoms with Gasteiger partial charge in [-0.2, -0.15) is 0 Å². The minimum absolute atomic E-state index is 0.109. The Morgan fingerprint density at radius 3 is 2.58 bits per heavy atom. The highest BCUT2D eigenvalue weighted by molar-refractivity contribution is 8.26. The first-order valence-corrected chi connectivity index (χ1v) is 9.98. The number of nitrogens with zero attached hydrogens (tertiary/aromatic N) is 2. The molecule has 2 saturated heterocycles. The average Bonchev–Trinajstić information content (AvgIpc) is 2.94. The number of hydrogen-bond acceptors (Lipinski definition) is 5. The molecule has 0 atom stereocenters. The number of benzene rings is 1. The van der Waals surface area contributed by atoms with Crippen LogP contribution in [0.4, 0.5) is 0 Å². The molecule has 2 aliphatic heterocycles. The molecule has 2 amide bonds. The summed E-state index contributed by atoms with van der Waals surface area (Å²) in [5.74, 6) is 0.756. The molecule has 0 bridgehead atoms. The van der Waals surface area contributed by atoms with Crippen molar-refractivity contribution in [2.24, 2.45) is 0 Å². The summed E-state index contributed by atoms with van der Waals surface area (Å²) in [5.41, 5.74) is 0.913. The van der Waals surface area contributed by atoms with E-state index in [-0.39, 0.29) is 11.8 Å². The van der Waals surface area contributed by atoms with Crippen molar-refractivity contribution in [3.05, 3.63) is 34.7 Å². The number of thiocarbonyl (C=S) groups is 1. The van der Waals surface area contributed by atoms with E-state index in [1.165, 1.54) is 23.1 Å². The lowest BCUT2D eigenvalue weighted by Crippen LogP contribution is -2.38. The van der Waals surface area contributed by atoms with Crippen molar-refractivity contribution in [2.75, 3.05) is 26.7 Å². The second-order valence-corrected chi connectivity index (χ2v) is 7.97. The molecule has 0 aliphatic carbocycles. The molecule has 0 aromatic heterocycles. The maximum atomic E-state index is 12.6. The number of carbonyl (C=O) groups excluding carboxylic acids is 2. The van der Waals surface area contributed by atoms with Gasteiger partial charge in [0.25, 0.3) is 5.91 Å². The van der Waals surface area contributed by atoms with Crippen LogP contribution < -0.4 is 4.74 Å². The lowest BCUT2D eigenvalue weighted by atomic mass is 10.1. The van der Waals surface area contributed by atoms with Crippen LogP contribution in [0.25, 0.3) is 6.08 Å². The topological polar surface area (TPSA) is 49.9 Å². The minimum Gasteiger partial charge on any atom is -0.497 e. The molecule has 2 heterocycles. The van der Waals surface area contributed by atoms with Crippen LogP contribution >= 0.6 is 24.0 Å². The standard InChI is InChI=1S/C19H22N2O3S2/c1-24-15-7-5-14(6-8-15)13-16-18(23)21(19(25)26-16)12-9-17(22)20-10-3-2-4-11-20/h5-8,13H,2-4,9-12H2,1H3. The van der Waals surface area contributed by atoms with Crippen LogP contribution in [0.1, 0.15) is 31.2 Å². The summed E-state index contributed by atoms with van der Waals surface area (Å²) >= 11 is 6.63. The molecule has 2 fully saturated rings. The van der Waals surface area contributed by atoms with Gasteiger partial charge in [-0.1, -0.05) is 36.1 Å². The van der Waals surface area contributed by atoms with E-state index >= 15 is 0 Å². The predicted octanol–water partition coefficient (Wildman–Crippen LogP) is 3.30. The third-order valence-corrected chi connectivity index (χ3v) is 5.92. The van der Waals surface area contributed by atoms with Gasteiger partial charge >= 0.3 is 0 Å². The molecule has 1 aromatic carbocycles. The summed E-state index contributed by atoms with van der Waals surface area (Å²) in [6, 6.07) is 7.49. The molecule has 26 heavy (non-hydrogen) atoms. The smallest absolute Gasteiger partial charge is 0.266 e. The van der Waals surface area contributed by atoms with Crippen molar-refractivity contribution >= 4 is 46.2 Å². The molecule has 0 spiro atoms. The van der Waals surface area contributed by atoms with Gasteiger partial charge in [0.2, 0.25) is 5.91 Å². The maximum absolute atomic E-state index is 12.6. The average molecular weight is 391 g/mol. The summed E-state index contributed by atoms with van der Waals surface area (Å²) in [7, 11) is 1.62. The molecule has 0 N–H and O–H groups in total. The third-order valence-electron chi connectivity index (χ3n) is 4.55. The quantitative estimate of drug-likeness (QED) is 0.570. The highest BCUT2D eigenvalue weighted by Crippen LogP contribution is 2.33. The van der Waals surface area contributed by atoms with Crippen LogP contribution in [0.3, 0.4) is 0 Å². The van der Waals surface area contributed by atoms with Gasteiger partial charge in [-0.05, 0) is 43.0 Å². The van der Waals surface area contributed by atoms with Crippen molar-refractivity contribution in [1.29, 1.82) is 0 Å². The number of hydrogen-bond donors (Lipinski definition) is 0. The van der Waals surface area contributed by atoms with E-state index in [1.807, 2.05) is 35.2 Å². The number of rotatable bonds is 5. The van der Waals surface area contributed by atoms with Crippen LogP contribution in [0.5, 0.6) is 5.75 Å². The first-order valence-electron chi connectivity index (χ1n) is 8.75. The number of methoxy groups -OCH3 is 1. The summed E-state index contributed by atoms with van der Waals surface area (Å²) in [6.07, 6.45) is 5.47. The largest absolute Gasteiger partial charge is 0.497 e. The van der Waals surface area contributed by atoms with Gasteiger partial charge in [-0.3, -0.25) is 14.5 Å². The van der Waals surface area contributed by atoms with Crippen molar-refractivity contribution < 1.29 is 14.3 Å². The fourth-order valence-corrected chi connectivity index (χ4v) is 4.36. The maximum Gasteiger partial charge on any atom is 0.266 e. The summed E-state index contributed by atoms with van der Waals surface area (Å²) in [4.78, 5) is 29.0. The Kier molecular flexibility index (Phi) is 6.32. The Bertz CT molecular complexity index is 725. The van der Waals surface area contributed by atoms with E-state index in [0.717, 1.165) is 37.2 Å². The Morgan fingerprint density at radius 2 is 1.92 bits per heavy atom. The third kappa shape index (κ3) is 4.45. The van der Waals surface area contributed by atoms with Crippen LogP contribution in [0, 0.1) is 0 Å².